The molecule has 10 nitrogen and oxygen atoms in total. The first-order valence-electron chi connectivity index (χ1n) is 10.2. The Balaban J connectivity index is 0.00000245. The van der Waals surface area contributed by atoms with Gasteiger partial charge in [-0.25, -0.2) is 4.98 Å². The van der Waals surface area contributed by atoms with Crippen LogP contribution in [0.5, 0.6) is 0 Å². The number of hydrogen-bond acceptors (Lipinski definition) is 10. The number of para-hydroxylation sites is 1. The molecule has 4 atom stereocenters. The molecular formula is C20H25ClN6O4S. The summed E-state index contributed by atoms with van der Waals surface area (Å²) < 4.78 is 0.947. The van der Waals surface area contributed by atoms with E-state index in [1.165, 1.54) is 11.3 Å². The topological polar surface area (TPSA) is 155 Å². The average Bonchev–Trinajstić information content (AvgIpc) is 3.26. The van der Waals surface area contributed by atoms with Gasteiger partial charge in [-0.1, -0.05) is 12.1 Å². The number of rotatable bonds is 6. The number of nitrogens with one attached hydrogen (secondary N) is 4. The number of fused-ring (bicyclic) bond motifs is 1. The molecule has 0 bridgehead atoms. The zero-order valence-electron chi connectivity index (χ0n) is 17.0. The molecule has 1 saturated carbocycles. The SMILES string of the molecule is Cl.O=c1[nH]c(NC2CNC2)nc(N[C@@H]2C[C@H](CO)[C@@H](O)[C@H]2O)c1-c1nc2ccccc2s1. The normalized spacial score (nSPS) is 25.3. The van der Waals surface area contributed by atoms with Crippen molar-refractivity contribution in [2.24, 2.45) is 5.92 Å². The van der Waals surface area contributed by atoms with Crippen LogP contribution >= 0.6 is 23.7 Å². The number of aromatic amines is 1. The van der Waals surface area contributed by atoms with Crippen molar-refractivity contribution in [1.82, 2.24) is 20.3 Å². The second kappa shape index (κ2) is 9.30. The van der Waals surface area contributed by atoms with Gasteiger partial charge in [-0.15, -0.1) is 23.7 Å². The molecule has 32 heavy (non-hydrogen) atoms. The summed E-state index contributed by atoms with van der Waals surface area (Å²) in [7, 11) is 0. The van der Waals surface area contributed by atoms with E-state index in [4.69, 9.17) is 0 Å². The molecule has 2 fully saturated rings. The number of aliphatic hydroxyl groups excluding tert-OH is 3. The lowest BCUT2D eigenvalue weighted by molar-refractivity contribution is 0.00446. The summed E-state index contributed by atoms with van der Waals surface area (Å²) in [5, 5.41) is 40.1. The summed E-state index contributed by atoms with van der Waals surface area (Å²) >= 11 is 1.39. The fourth-order valence-electron chi connectivity index (χ4n) is 4.03. The van der Waals surface area contributed by atoms with Crippen molar-refractivity contribution in [1.29, 1.82) is 0 Å². The lowest BCUT2D eigenvalue weighted by Crippen LogP contribution is -2.51. The van der Waals surface area contributed by atoms with Crippen molar-refractivity contribution in [3.05, 3.63) is 34.6 Å². The van der Waals surface area contributed by atoms with Crippen molar-refractivity contribution >= 4 is 45.7 Å². The maximum absolute atomic E-state index is 13.1. The molecule has 2 aromatic heterocycles. The fraction of sp³-hybridized carbons (Fsp3) is 0.450. The number of hydrogen-bond donors (Lipinski definition) is 7. The molecule has 0 radical (unpaired) electrons. The highest BCUT2D eigenvalue weighted by Gasteiger charge is 2.41. The van der Waals surface area contributed by atoms with Crippen LogP contribution < -0.4 is 21.5 Å². The highest BCUT2D eigenvalue weighted by Crippen LogP contribution is 2.34. The molecule has 3 heterocycles. The minimum absolute atomic E-state index is 0. The number of H-pyrrole nitrogens is 1. The highest BCUT2D eigenvalue weighted by atomic mass is 35.5. The monoisotopic (exact) mass is 480 g/mol. The van der Waals surface area contributed by atoms with E-state index in [1.807, 2.05) is 24.3 Å². The van der Waals surface area contributed by atoms with Crippen molar-refractivity contribution in [2.75, 3.05) is 30.3 Å². The number of anilines is 2. The second-order valence-corrected chi connectivity index (χ2v) is 9.07. The van der Waals surface area contributed by atoms with Gasteiger partial charge in [0.2, 0.25) is 5.95 Å². The van der Waals surface area contributed by atoms with Gasteiger partial charge in [0.25, 0.3) is 5.56 Å². The van der Waals surface area contributed by atoms with E-state index in [2.05, 4.69) is 30.9 Å². The Morgan fingerprint density at radius 1 is 1.12 bits per heavy atom. The lowest BCUT2D eigenvalue weighted by atomic mass is 10.1. The molecule has 2 aliphatic rings. The third-order valence-corrected chi connectivity index (χ3v) is 6.96. The largest absolute Gasteiger partial charge is 0.396 e. The quantitative estimate of drug-likeness (QED) is 0.265. The van der Waals surface area contributed by atoms with Crippen molar-refractivity contribution < 1.29 is 15.3 Å². The van der Waals surface area contributed by atoms with Crippen molar-refractivity contribution in [3.8, 4) is 10.6 Å². The van der Waals surface area contributed by atoms with E-state index in [0.717, 1.165) is 23.3 Å². The van der Waals surface area contributed by atoms with Crippen LogP contribution in [0.3, 0.4) is 0 Å². The van der Waals surface area contributed by atoms with Gasteiger partial charge in [-0.05, 0) is 18.6 Å². The predicted molar refractivity (Wildman–Crippen MR) is 126 cm³/mol. The Hall–Kier alpha value is -2.28. The Labute approximate surface area is 193 Å². The molecule has 3 aromatic rings. The van der Waals surface area contributed by atoms with E-state index in [9.17, 15) is 20.1 Å². The van der Waals surface area contributed by atoms with Crippen LogP contribution in [-0.2, 0) is 0 Å². The van der Waals surface area contributed by atoms with Crippen LogP contribution in [0.1, 0.15) is 6.42 Å². The maximum atomic E-state index is 13.1. The summed E-state index contributed by atoms with van der Waals surface area (Å²) in [4.78, 5) is 25.1. The van der Waals surface area contributed by atoms with Crippen LogP contribution in [0.15, 0.2) is 29.1 Å². The van der Waals surface area contributed by atoms with Crippen LogP contribution in [0.2, 0.25) is 0 Å². The molecule has 12 heteroatoms. The second-order valence-electron chi connectivity index (χ2n) is 8.03. The Kier molecular flexibility index (Phi) is 6.65. The van der Waals surface area contributed by atoms with Crippen LogP contribution in [0.4, 0.5) is 11.8 Å². The van der Waals surface area contributed by atoms with Gasteiger partial charge in [0.15, 0.2) is 0 Å². The predicted octanol–water partition coefficient (Wildman–Crippen LogP) is 0.367. The first-order chi connectivity index (χ1) is 15.0. The van der Waals surface area contributed by atoms with E-state index in [-0.39, 0.29) is 42.0 Å². The molecule has 1 saturated heterocycles. The Bertz CT molecular complexity index is 1120. The summed E-state index contributed by atoms with van der Waals surface area (Å²) in [5.74, 6) is 0.169. The number of aromatic nitrogens is 3. The number of aliphatic hydroxyl groups is 3. The molecule has 1 aliphatic carbocycles. The third kappa shape index (κ3) is 4.19. The number of nitrogens with zero attached hydrogens (tertiary/aromatic N) is 2. The molecule has 0 spiro atoms. The van der Waals surface area contributed by atoms with Crippen molar-refractivity contribution in [3.63, 3.8) is 0 Å². The van der Waals surface area contributed by atoms with Crippen molar-refractivity contribution in [2.45, 2.75) is 30.7 Å². The van der Waals surface area contributed by atoms with E-state index in [0.29, 0.717) is 17.4 Å². The van der Waals surface area contributed by atoms with E-state index >= 15 is 0 Å². The van der Waals surface area contributed by atoms with Gasteiger partial charge in [0, 0.05) is 25.6 Å². The molecule has 0 unspecified atom stereocenters. The van der Waals surface area contributed by atoms with Gasteiger partial charge in [0.1, 0.15) is 22.5 Å². The minimum atomic E-state index is -1.09. The standard InChI is InChI=1S/C20H24N6O4S.ClH/c27-8-9-5-12(16(29)15(9)28)23-17-14(19-24-11-3-1-2-4-13(11)31-19)18(30)26-20(25-17)22-10-6-21-7-10;/h1-4,9-10,12,15-16,21,27-29H,5-8H2,(H3,22,23,25,26,30);1H/t9-,12-,15-,16+;/m1./s1. The zero-order chi connectivity index (χ0) is 21.5. The lowest BCUT2D eigenvalue weighted by Gasteiger charge is -2.28. The van der Waals surface area contributed by atoms with Crippen LogP contribution in [0.25, 0.3) is 20.8 Å². The number of halogens is 1. The molecule has 7 N–H and O–H groups in total. The molecular weight excluding hydrogens is 456 g/mol. The molecule has 1 aromatic carbocycles. The van der Waals surface area contributed by atoms with Gasteiger partial charge in [0.05, 0.1) is 28.4 Å². The van der Waals surface area contributed by atoms with E-state index < -0.39 is 24.2 Å². The van der Waals surface area contributed by atoms with Gasteiger partial charge < -0.3 is 31.3 Å². The minimum Gasteiger partial charge on any atom is -0.396 e. The van der Waals surface area contributed by atoms with Gasteiger partial charge in [-0.2, -0.15) is 4.98 Å². The third-order valence-electron chi connectivity index (χ3n) is 5.91. The van der Waals surface area contributed by atoms with Gasteiger partial charge >= 0.3 is 0 Å². The molecule has 0 amide bonds. The summed E-state index contributed by atoms with van der Waals surface area (Å²) in [5.41, 5.74) is 0.720. The summed E-state index contributed by atoms with van der Waals surface area (Å²) in [6.45, 7) is 1.32. The van der Waals surface area contributed by atoms with Crippen LogP contribution in [-0.4, -0.2) is 74.3 Å². The average molecular weight is 481 g/mol. The molecule has 5 rings (SSSR count). The number of thiazole rings is 1. The molecule has 172 valence electrons. The first-order valence-corrected chi connectivity index (χ1v) is 11.1. The number of benzene rings is 1. The Morgan fingerprint density at radius 2 is 1.91 bits per heavy atom. The van der Waals surface area contributed by atoms with Gasteiger partial charge in [-0.3, -0.25) is 9.78 Å². The van der Waals surface area contributed by atoms with E-state index in [1.54, 1.807) is 0 Å². The smallest absolute Gasteiger partial charge is 0.264 e. The summed E-state index contributed by atoms with van der Waals surface area (Å²) in [6.07, 6.45) is -1.79. The Morgan fingerprint density at radius 3 is 2.56 bits per heavy atom. The zero-order valence-corrected chi connectivity index (χ0v) is 18.6. The fourth-order valence-corrected chi connectivity index (χ4v) is 5.04. The molecule has 1 aliphatic heterocycles. The van der Waals surface area contributed by atoms with Crippen LogP contribution in [0, 0.1) is 5.92 Å². The highest BCUT2D eigenvalue weighted by molar-refractivity contribution is 7.21. The first kappa shape index (κ1) is 22.9. The maximum Gasteiger partial charge on any atom is 0.264 e. The summed E-state index contributed by atoms with van der Waals surface area (Å²) in [6, 6.07) is 7.23.